The zero-order valence-electron chi connectivity index (χ0n) is 14.3. The molecule has 25 heavy (non-hydrogen) atoms. The molecule has 1 aromatic carbocycles. The Morgan fingerprint density at radius 2 is 2.12 bits per heavy atom. The van der Waals surface area contributed by atoms with Crippen molar-refractivity contribution in [2.75, 3.05) is 26.2 Å². The van der Waals surface area contributed by atoms with E-state index in [2.05, 4.69) is 20.4 Å². The third-order valence-electron chi connectivity index (χ3n) is 5.24. The molecular weight excluding hydrogens is 316 g/mol. The Balaban J connectivity index is 1.29. The average molecular weight is 340 g/mol. The van der Waals surface area contributed by atoms with E-state index in [1.165, 1.54) is 5.56 Å². The van der Waals surface area contributed by atoms with Crippen LogP contribution in [0.2, 0.25) is 0 Å². The fourth-order valence-electron chi connectivity index (χ4n) is 3.84. The number of likely N-dealkylation sites (tertiary alicyclic amines) is 1. The Hall–Kier alpha value is -2.34. The fourth-order valence-corrected chi connectivity index (χ4v) is 3.84. The van der Waals surface area contributed by atoms with Crippen molar-refractivity contribution in [2.45, 2.75) is 31.2 Å². The largest absolute Gasteiger partial charge is 0.493 e. The minimum atomic E-state index is 0.0564. The van der Waals surface area contributed by atoms with Crippen LogP contribution < -0.4 is 10.1 Å². The van der Waals surface area contributed by atoms with Gasteiger partial charge in [0.15, 0.2) is 0 Å². The number of aromatic nitrogens is 2. The van der Waals surface area contributed by atoms with Gasteiger partial charge < -0.3 is 10.1 Å². The number of nitrogens with zero attached hydrogens (tertiary/aromatic N) is 2. The molecule has 0 unspecified atom stereocenters. The van der Waals surface area contributed by atoms with Crippen molar-refractivity contribution in [2.24, 2.45) is 0 Å². The molecule has 6 heteroatoms. The number of benzene rings is 1. The first-order valence-corrected chi connectivity index (χ1v) is 9.02. The standard InChI is InChI=1S/C19H24N4O2/c24-19(22-17-7-10-25-18-4-2-1-3-16(17)18)13-23-8-5-14(6-9-23)15-11-20-21-12-15/h1-4,11-12,14,17H,5-10,13H2,(H,20,21)(H,22,24)/t17-/m0/s1. The van der Waals surface area contributed by atoms with Gasteiger partial charge in [-0.2, -0.15) is 5.10 Å². The van der Waals surface area contributed by atoms with Crippen LogP contribution in [0.5, 0.6) is 5.75 Å². The number of carbonyl (C=O) groups is 1. The zero-order valence-corrected chi connectivity index (χ0v) is 14.3. The van der Waals surface area contributed by atoms with Crippen LogP contribution in [-0.4, -0.2) is 47.2 Å². The van der Waals surface area contributed by atoms with Gasteiger partial charge in [0.1, 0.15) is 5.75 Å². The molecule has 0 radical (unpaired) electrons. The van der Waals surface area contributed by atoms with Crippen molar-refractivity contribution in [1.29, 1.82) is 0 Å². The number of amides is 1. The number of carbonyl (C=O) groups excluding carboxylic acids is 1. The van der Waals surface area contributed by atoms with Crippen molar-refractivity contribution in [3.8, 4) is 5.75 Å². The molecule has 2 N–H and O–H groups in total. The molecule has 2 aliphatic heterocycles. The Kier molecular flexibility index (Phi) is 4.70. The number of hydrogen-bond acceptors (Lipinski definition) is 4. The zero-order chi connectivity index (χ0) is 17.1. The van der Waals surface area contributed by atoms with Gasteiger partial charge in [-0.1, -0.05) is 18.2 Å². The number of para-hydroxylation sites is 1. The molecule has 0 spiro atoms. The molecule has 1 atom stereocenters. The summed E-state index contributed by atoms with van der Waals surface area (Å²) in [6, 6.07) is 8.02. The summed E-state index contributed by atoms with van der Waals surface area (Å²) in [7, 11) is 0. The lowest BCUT2D eigenvalue weighted by Gasteiger charge is -2.32. The Labute approximate surface area is 147 Å². The topological polar surface area (TPSA) is 70.2 Å². The molecule has 0 saturated carbocycles. The van der Waals surface area contributed by atoms with Crippen molar-refractivity contribution in [3.05, 3.63) is 47.8 Å². The first kappa shape index (κ1) is 16.1. The number of rotatable bonds is 4. The van der Waals surface area contributed by atoms with Gasteiger partial charge in [-0.15, -0.1) is 0 Å². The Morgan fingerprint density at radius 1 is 1.28 bits per heavy atom. The first-order valence-electron chi connectivity index (χ1n) is 9.02. The summed E-state index contributed by atoms with van der Waals surface area (Å²) in [5.41, 5.74) is 2.36. The maximum absolute atomic E-state index is 12.5. The first-order chi connectivity index (χ1) is 12.3. The van der Waals surface area contributed by atoms with Gasteiger partial charge in [-0.3, -0.25) is 14.8 Å². The number of hydrogen-bond donors (Lipinski definition) is 2. The molecule has 0 bridgehead atoms. The second-order valence-corrected chi connectivity index (χ2v) is 6.88. The predicted molar refractivity (Wildman–Crippen MR) is 94.4 cm³/mol. The van der Waals surface area contributed by atoms with E-state index in [0.717, 1.165) is 43.7 Å². The summed E-state index contributed by atoms with van der Waals surface area (Å²) in [6.07, 6.45) is 6.87. The van der Waals surface area contributed by atoms with Gasteiger partial charge in [0, 0.05) is 18.2 Å². The molecule has 4 rings (SSSR count). The number of H-pyrrole nitrogens is 1. The van der Waals surface area contributed by atoms with E-state index in [-0.39, 0.29) is 11.9 Å². The van der Waals surface area contributed by atoms with Crippen molar-refractivity contribution >= 4 is 5.91 Å². The van der Waals surface area contributed by atoms with Gasteiger partial charge in [-0.25, -0.2) is 0 Å². The van der Waals surface area contributed by atoms with Gasteiger partial charge in [-0.05, 0) is 43.5 Å². The predicted octanol–water partition coefficient (Wildman–Crippen LogP) is 2.23. The summed E-state index contributed by atoms with van der Waals surface area (Å²) in [4.78, 5) is 14.7. The van der Waals surface area contributed by atoms with E-state index in [1.807, 2.05) is 36.7 Å². The van der Waals surface area contributed by atoms with Gasteiger partial charge in [0.25, 0.3) is 0 Å². The Morgan fingerprint density at radius 3 is 2.92 bits per heavy atom. The van der Waals surface area contributed by atoms with Crippen LogP contribution in [0.15, 0.2) is 36.7 Å². The summed E-state index contributed by atoms with van der Waals surface area (Å²) >= 11 is 0. The summed E-state index contributed by atoms with van der Waals surface area (Å²) < 4.78 is 5.66. The van der Waals surface area contributed by atoms with Crippen LogP contribution in [0.3, 0.4) is 0 Å². The number of piperidine rings is 1. The lowest BCUT2D eigenvalue weighted by molar-refractivity contribution is -0.123. The number of nitrogens with one attached hydrogen (secondary N) is 2. The van der Waals surface area contributed by atoms with E-state index in [0.29, 0.717) is 19.1 Å². The monoisotopic (exact) mass is 340 g/mol. The van der Waals surface area contributed by atoms with Gasteiger partial charge in [0.05, 0.1) is 25.4 Å². The molecule has 1 fully saturated rings. The molecule has 0 aliphatic carbocycles. The molecule has 6 nitrogen and oxygen atoms in total. The number of fused-ring (bicyclic) bond motifs is 1. The van der Waals surface area contributed by atoms with Gasteiger partial charge >= 0.3 is 0 Å². The van der Waals surface area contributed by atoms with Crippen LogP contribution in [0, 0.1) is 0 Å². The van der Waals surface area contributed by atoms with Crippen LogP contribution in [0.25, 0.3) is 0 Å². The van der Waals surface area contributed by atoms with E-state index in [4.69, 9.17) is 4.74 Å². The molecule has 2 aliphatic rings. The summed E-state index contributed by atoms with van der Waals surface area (Å²) in [5, 5.41) is 10.1. The van der Waals surface area contributed by atoms with Crippen LogP contribution in [-0.2, 0) is 4.79 Å². The second-order valence-electron chi connectivity index (χ2n) is 6.88. The second kappa shape index (κ2) is 7.27. The summed E-state index contributed by atoms with van der Waals surface area (Å²) in [6.45, 7) is 3.02. The minimum Gasteiger partial charge on any atom is -0.493 e. The molecule has 132 valence electrons. The van der Waals surface area contributed by atoms with Crippen LogP contribution in [0.1, 0.15) is 42.3 Å². The molecule has 2 aromatic rings. The average Bonchev–Trinajstić information content (AvgIpc) is 3.17. The fraction of sp³-hybridized carbons (Fsp3) is 0.474. The normalized spacial score (nSPS) is 21.4. The summed E-state index contributed by atoms with van der Waals surface area (Å²) in [5.74, 6) is 1.55. The van der Waals surface area contributed by atoms with Gasteiger partial charge in [0.2, 0.25) is 5.91 Å². The SMILES string of the molecule is O=C(CN1CCC(c2cn[nH]c2)CC1)N[C@H]1CCOc2ccccc21. The molecular formula is C19H24N4O2. The minimum absolute atomic E-state index is 0.0564. The molecule has 1 aromatic heterocycles. The Bertz CT molecular complexity index is 708. The van der Waals surface area contributed by atoms with E-state index < -0.39 is 0 Å². The maximum atomic E-state index is 12.5. The number of aromatic amines is 1. The van der Waals surface area contributed by atoms with Crippen LogP contribution in [0.4, 0.5) is 0 Å². The highest BCUT2D eigenvalue weighted by molar-refractivity contribution is 5.78. The number of ether oxygens (including phenoxy) is 1. The van der Waals surface area contributed by atoms with Crippen LogP contribution >= 0.6 is 0 Å². The smallest absolute Gasteiger partial charge is 0.234 e. The lowest BCUT2D eigenvalue weighted by Crippen LogP contribution is -2.42. The lowest BCUT2D eigenvalue weighted by atomic mass is 9.91. The van der Waals surface area contributed by atoms with Crippen molar-refractivity contribution in [1.82, 2.24) is 20.4 Å². The van der Waals surface area contributed by atoms with E-state index in [1.54, 1.807) is 0 Å². The molecule has 1 saturated heterocycles. The highest BCUT2D eigenvalue weighted by atomic mass is 16.5. The third kappa shape index (κ3) is 3.69. The van der Waals surface area contributed by atoms with Crippen molar-refractivity contribution in [3.63, 3.8) is 0 Å². The molecule has 3 heterocycles. The maximum Gasteiger partial charge on any atom is 0.234 e. The highest BCUT2D eigenvalue weighted by Gasteiger charge is 2.25. The third-order valence-corrected chi connectivity index (χ3v) is 5.24. The van der Waals surface area contributed by atoms with E-state index >= 15 is 0 Å². The highest BCUT2D eigenvalue weighted by Crippen LogP contribution is 2.31. The quantitative estimate of drug-likeness (QED) is 0.895. The van der Waals surface area contributed by atoms with E-state index in [9.17, 15) is 4.79 Å². The van der Waals surface area contributed by atoms with Crippen molar-refractivity contribution < 1.29 is 9.53 Å². The molecule has 1 amide bonds.